The minimum atomic E-state index is 0.147. The van der Waals surface area contributed by atoms with Crippen LogP contribution in [0.3, 0.4) is 0 Å². The molecule has 2 aromatic heterocycles. The molecule has 0 fully saturated rings. The maximum atomic E-state index is 6.60. The summed E-state index contributed by atoms with van der Waals surface area (Å²) in [5.74, 6) is 2.55. The molecule has 0 spiro atoms. The number of halogens is 1. The van der Waals surface area contributed by atoms with Gasteiger partial charge in [-0.2, -0.15) is 16.9 Å². The third-order valence-electron chi connectivity index (χ3n) is 4.59. The van der Waals surface area contributed by atoms with Crippen molar-refractivity contribution in [1.29, 1.82) is 0 Å². The van der Waals surface area contributed by atoms with E-state index in [2.05, 4.69) is 41.6 Å². The van der Waals surface area contributed by atoms with Crippen LogP contribution >= 0.6 is 23.4 Å². The molecule has 0 amide bonds. The minimum absolute atomic E-state index is 0.147. The Labute approximate surface area is 170 Å². The van der Waals surface area contributed by atoms with Crippen LogP contribution in [0, 0.1) is 12.8 Å². The SMILES string of the molecule is CSCC[C@H](NCc1c(C)nn(CC(C)C)c1Cl)c1nc2ccccc2[nH]1. The lowest BCUT2D eigenvalue weighted by Gasteiger charge is -2.16. The van der Waals surface area contributed by atoms with E-state index in [1.165, 1.54) is 0 Å². The van der Waals surface area contributed by atoms with Gasteiger partial charge in [0.05, 0.1) is 22.8 Å². The van der Waals surface area contributed by atoms with Crippen LogP contribution in [0.5, 0.6) is 0 Å². The van der Waals surface area contributed by atoms with Crippen molar-refractivity contribution in [2.24, 2.45) is 5.92 Å². The number of nitrogens with one attached hydrogen (secondary N) is 2. The first kappa shape index (κ1) is 20.2. The second kappa shape index (κ2) is 9.13. The third kappa shape index (κ3) is 4.86. The largest absolute Gasteiger partial charge is 0.341 e. The smallest absolute Gasteiger partial charge is 0.131 e. The van der Waals surface area contributed by atoms with Gasteiger partial charge in [-0.05, 0) is 43.4 Å². The van der Waals surface area contributed by atoms with Crippen LogP contribution in [0.1, 0.15) is 43.4 Å². The zero-order chi connectivity index (χ0) is 19.4. The van der Waals surface area contributed by atoms with E-state index in [0.29, 0.717) is 12.5 Å². The van der Waals surface area contributed by atoms with Crippen molar-refractivity contribution in [1.82, 2.24) is 25.1 Å². The molecule has 1 aromatic carbocycles. The molecular weight excluding hydrogens is 378 g/mol. The number of hydrogen-bond acceptors (Lipinski definition) is 4. The average Bonchev–Trinajstić information content (AvgIpc) is 3.17. The lowest BCUT2D eigenvalue weighted by atomic mass is 10.2. The Balaban J connectivity index is 1.78. The molecule has 0 bridgehead atoms. The van der Waals surface area contributed by atoms with Gasteiger partial charge in [0.2, 0.25) is 0 Å². The van der Waals surface area contributed by atoms with Gasteiger partial charge in [-0.15, -0.1) is 0 Å². The van der Waals surface area contributed by atoms with E-state index in [9.17, 15) is 0 Å². The van der Waals surface area contributed by atoms with E-state index in [1.807, 2.05) is 41.6 Å². The van der Waals surface area contributed by atoms with E-state index >= 15 is 0 Å². The van der Waals surface area contributed by atoms with Crippen molar-refractivity contribution in [2.45, 2.75) is 46.3 Å². The van der Waals surface area contributed by atoms with Gasteiger partial charge in [0.25, 0.3) is 0 Å². The van der Waals surface area contributed by atoms with Crippen molar-refractivity contribution < 1.29 is 0 Å². The number of rotatable bonds is 9. The average molecular weight is 406 g/mol. The zero-order valence-electron chi connectivity index (χ0n) is 16.4. The number of para-hydroxylation sites is 2. The molecule has 0 saturated heterocycles. The van der Waals surface area contributed by atoms with Gasteiger partial charge < -0.3 is 10.3 Å². The summed E-state index contributed by atoms with van der Waals surface area (Å²) < 4.78 is 1.91. The van der Waals surface area contributed by atoms with Crippen molar-refractivity contribution in [3.63, 3.8) is 0 Å². The minimum Gasteiger partial charge on any atom is -0.341 e. The number of hydrogen-bond donors (Lipinski definition) is 2. The molecule has 0 unspecified atom stereocenters. The van der Waals surface area contributed by atoms with Gasteiger partial charge in [-0.25, -0.2) is 4.98 Å². The Hall–Kier alpha value is -1.50. The number of aromatic nitrogens is 4. The van der Waals surface area contributed by atoms with Crippen LogP contribution in [0.2, 0.25) is 5.15 Å². The summed E-state index contributed by atoms with van der Waals surface area (Å²) in [6.07, 6.45) is 3.13. The van der Waals surface area contributed by atoms with Crippen LogP contribution < -0.4 is 5.32 Å². The van der Waals surface area contributed by atoms with E-state index in [0.717, 1.165) is 52.0 Å². The van der Waals surface area contributed by atoms with Crippen molar-refractivity contribution in [3.8, 4) is 0 Å². The highest BCUT2D eigenvalue weighted by Gasteiger charge is 2.19. The topological polar surface area (TPSA) is 58.5 Å². The Bertz CT molecular complexity index is 853. The Morgan fingerprint density at radius 2 is 2.07 bits per heavy atom. The van der Waals surface area contributed by atoms with Gasteiger partial charge in [-0.3, -0.25) is 4.68 Å². The molecule has 146 valence electrons. The highest BCUT2D eigenvalue weighted by molar-refractivity contribution is 7.98. The Kier molecular flexibility index (Phi) is 6.84. The van der Waals surface area contributed by atoms with Gasteiger partial charge in [0.15, 0.2) is 0 Å². The predicted octanol–water partition coefficient (Wildman–Crippen LogP) is 4.96. The van der Waals surface area contributed by atoms with E-state index < -0.39 is 0 Å². The third-order valence-corrected chi connectivity index (χ3v) is 5.66. The van der Waals surface area contributed by atoms with Gasteiger partial charge in [0.1, 0.15) is 11.0 Å². The normalized spacial score (nSPS) is 13.0. The lowest BCUT2D eigenvalue weighted by molar-refractivity contribution is 0.480. The molecule has 0 saturated carbocycles. The van der Waals surface area contributed by atoms with E-state index in [-0.39, 0.29) is 6.04 Å². The fraction of sp³-hybridized carbons (Fsp3) is 0.500. The fourth-order valence-electron chi connectivity index (χ4n) is 3.19. The van der Waals surface area contributed by atoms with Gasteiger partial charge in [-0.1, -0.05) is 37.6 Å². The molecular formula is C20H28ClN5S. The molecule has 0 aliphatic carbocycles. The number of H-pyrrole nitrogens is 1. The summed E-state index contributed by atoms with van der Waals surface area (Å²) in [7, 11) is 0. The van der Waals surface area contributed by atoms with Crippen molar-refractivity contribution in [3.05, 3.63) is 46.5 Å². The maximum absolute atomic E-state index is 6.60. The summed E-state index contributed by atoms with van der Waals surface area (Å²) in [5.41, 5.74) is 4.13. The van der Waals surface area contributed by atoms with Crippen LogP contribution in [0.15, 0.2) is 24.3 Å². The molecule has 27 heavy (non-hydrogen) atoms. The van der Waals surface area contributed by atoms with Crippen LogP contribution in [0.4, 0.5) is 0 Å². The first-order chi connectivity index (χ1) is 13.0. The van der Waals surface area contributed by atoms with E-state index in [1.54, 1.807) is 0 Å². The molecule has 3 aromatic rings. The number of nitrogens with zero attached hydrogens (tertiary/aromatic N) is 3. The number of imidazole rings is 1. The summed E-state index contributed by atoms with van der Waals surface area (Å²) >= 11 is 8.45. The lowest BCUT2D eigenvalue weighted by Crippen LogP contribution is -2.23. The molecule has 0 aliphatic rings. The zero-order valence-corrected chi connectivity index (χ0v) is 18.0. The highest BCUT2D eigenvalue weighted by atomic mass is 35.5. The van der Waals surface area contributed by atoms with Crippen LogP contribution in [0.25, 0.3) is 11.0 Å². The number of aryl methyl sites for hydroxylation is 1. The molecule has 2 heterocycles. The number of thioether (sulfide) groups is 1. The second-order valence-electron chi connectivity index (χ2n) is 7.28. The summed E-state index contributed by atoms with van der Waals surface area (Å²) in [4.78, 5) is 8.25. The summed E-state index contributed by atoms with van der Waals surface area (Å²) in [5, 5.41) is 9.00. The fourth-order valence-corrected chi connectivity index (χ4v) is 3.97. The Morgan fingerprint density at radius 3 is 2.78 bits per heavy atom. The molecule has 0 aliphatic heterocycles. The van der Waals surface area contributed by atoms with E-state index in [4.69, 9.17) is 16.6 Å². The van der Waals surface area contributed by atoms with Gasteiger partial charge >= 0.3 is 0 Å². The van der Waals surface area contributed by atoms with Gasteiger partial charge in [0, 0.05) is 18.7 Å². The summed E-state index contributed by atoms with van der Waals surface area (Å²) in [6.45, 7) is 7.88. The molecule has 0 radical (unpaired) electrons. The molecule has 5 nitrogen and oxygen atoms in total. The quantitative estimate of drug-likeness (QED) is 0.528. The summed E-state index contributed by atoms with van der Waals surface area (Å²) in [6, 6.07) is 8.30. The molecule has 2 N–H and O–H groups in total. The maximum Gasteiger partial charge on any atom is 0.131 e. The standard InChI is InChI=1S/C20H28ClN5S/c1-13(2)12-26-19(21)15(14(3)25-26)11-22-18(9-10-27-4)20-23-16-7-5-6-8-17(16)24-20/h5-8,13,18,22H,9-12H2,1-4H3,(H,23,24)/t18-/m0/s1. The molecule has 7 heteroatoms. The second-order valence-corrected chi connectivity index (χ2v) is 8.63. The first-order valence-electron chi connectivity index (χ1n) is 9.38. The molecule has 1 atom stereocenters. The van der Waals surface area contributed by atoms with Crippen molar-refractivity contribution >= 4 is 34.4 Å². The highest BCUT2D eigenvalue weighted by Crippen LogP contribution is 2.24. The number of fused-ring (bicyclic) bond motifs is 1. The van der Waals surface area contributed by atoms with Crippen LogP contribution in [-0.4, -0.2) is 31.8 Å². The number of benzene rings is 1. The monoisotopic (exact) mass is 405 g/mol. The first-order valence-corrected chi connectivity index (χ1v) is 11.2. The Morgan fingerprint density at radius 1 is 1.30 bits per heavy atom. The predicted molar refractivity (Wildman–Crippen MR) is 115 cm³/mol. The van der Waals surface area contributed by atoms with Crippen molar-refractivity contribution in [2.75, 3.05) is 12.0 Å². The van der Waals surface area contributed by atoms with Crippen LogP contribution in [-0.2, 0) is 13.1 Å². The molecule has 3 rings (SSSR count). The number of aromatic amines is 1.